The van der Waals surface area contributed by atoms with Crippen molar-refractivity contribution in [2.24, 2.45) is 5.92 Å². The van der Waals surface area contributed by atoms with E-state index in [0.717, 1.165) is 30.3 Å². The number of benzene rings is 1. The lowest BCUT2D eigenvalue weighted by Gasteiger charge is -2.29. The SMILES string of the molecule is O=C(Cc1cnccc1C1OCC(CO)CO1)c1ccc(F)c(-c2c(F)cccc2F)n1. The van der Waals surface area contributed by atoms with Gasteiger partial charge in [0, 0.05) is 30.3 Å². The molecule has 0 bridgehead atoms. The van der Waals surface area contributed by atoms with Crippen molar-refractivity contribution in [1.29, 1.82) is 0 Å². The van der Waals surface area contributed by atoms with Crippen LogP contribution in [0.5, 0.6) is 0 Å². The molecule has 1 aromatic carbocycles. The summed E-state index contributed by atoms with van der Waals surface area (Å²) in [4.78, 5) is 20.8. The van der Waals surface area contributed by atoms with Gasteiger partial charge in [-0.3, -0.25) is 9.78 Å². The summed E-state index contributed by atoms with van der Waals surface area (Å²) in [7, 11) is 0. The van der Waals surface area contributed by atoms with Gasteiger partial charge in [-0.1, -0.05) is 6.07 Å². The summed E-state index contributed by atoms with van der Waals surface area (Å²) in [6.07, 6.45) is 2.13. The van der Waals surface area contributed by atoms with Gasteiger partial charge in [0.05, 0.1) is 25.4 Å². The number of nitrogens with zero attached hydrogens (tertiary/aromatic N) is 2. The number of aliphatic hydroxyl groups is 1. The summed E-state index contributed by atoms with van der Waals surface area (Å²) in [6.45, 7) is 0.539. The van der Waals surface area contributed by atoms with Crippen LogP contribution >= 0.6 is 0 Å². The Balaban J connectivity index is 1.60. The molecule has 2 aromatic heterocycles. The van der Waals surface area contributed by atoms with Gasteiger partial charge in [0.1, 0.15) is 28.8 Å². The second kappa shape index (κ2) is 9.56. The first-order valence-corrected chi connectivity index (χ1v) is 9.89. The molecule has 3 heterocycles. The number of aromatic nitrogens is 2. The molecule has 0 radical (unpaired) electrons. The molecule has 1 N–H and O–H groups in total. The van der Waals surface area contributed by atoms with Crippen LogP contribution in [-0.2, 0) is 15.9 Å². The van der Waals surface area contributed by atoms with Crippen LogP contribution in [-0.4, -0.2) is 40.7 Å². The van der Waals surface area contributed by atoms with Crippen molar-refractivity contribution in [1.82, 2.24) is 9.97 Å². The molecule has 0 unspecified atom stereocenters. The van der Waals surface area contributed by atoms with Crippen LogP contribution in [0.3, 0.4) is 0 Å². The van der Waals surface area contributed by atoms with Gasteiger partial charge in [0.15, 0.2) is 12.1 Å². The standard InChI is InChI=1S/C23H19F3N2O4/c24-16-2-1-3-17(25)21(16)22-18(26)4-5-19(28-22)20(30)8-14-9-27-7-6-15(14)23-31-11-13(10-29)12-32-23/h1-7,9,13,23,29H,8,10-12H2. The quantitative estimate of drug-likeness (QED) is 0.585. The van der Waals surface area contributed by atoms with E-state index in [-0.39, 0.29) is 24.6 Å². The van der Waals surface area contributed by atoms with E-state index in [4.69, 9.17) is 9.47 Å². The van der Waals surface area contributed by atoms with Gasteiger partial charge in [0.2, 0.25) is 0 Å². The Labute approximate surface area is 181 Å². The molecule has 0 spiro atoms. The molecular formula is C23H19F3N2O4. The zero-order chi connectivity index (χ0) is 22.7. The second-order valence-corrected chi connectivity index (χ2v) is 7.35. The third-order valence-electron chi connectivity index (χ3n) is 5.10. The van der Waals surface area contributed by atoms with Crippen LogP contribution in [0.25, 0.3) is 11.3 Å². The summed E-state index contributed by atoms with van der Waals surface area (Å²) in [5.74, 6) is -3.54. The number of rotatable bonds is 6. The topological polar surface area (TPSA) is 81.5 Å². The number of halogens is 3. The number of carbonyl (C=O) groups is 1. The molecule has 3 aromatic rings. The van der Waals surface area contributed by atoms with E-state index in [0.29, 0.717) is 24.3 Å². The van der Waals surface area contributed by atoms with E-state index in [1.165, 1.54) is 12.4 Å². The number of ketones is 1. The Morgan fingerprint density at radius 1 is 1.03 bits per heavy atom. The lowest BCUT2D eigenvalue weighted by atomic mass is 10.0. The third kappa shape index (κ3) is 4.55. The average Bonchev–Trinajstić information content (AvgIpc) is 2.80. The zero-order valence-corrected chi connectivity index (χ0v) is 16.8. The molecule has 9 heteroatoms. The van der Waals surface area contributed by atoms with Crippen molar-refractivity contribution in [3.05, 3.63) is 83.1 Å². The molecule has 166 valence electrons. The molecule has 1 saturated heterocycles. The number of hydrogen-bond donors (Lipinski definition) is 1. The van der Waals surface area contributed by atoms with Crippen LogP contribution in [0.2, 0.25) is 0 Å². The number of hydrogen-bond acceptors (Lipinski definition) is 6. The number of Topliss-reactive ketones (excluding diaryl/α,β-unsaturated/α-hetero) is 1. The summed E-state index contributed by atoms with van der Waals surface area (Å²) in [6, 6.07) is 6.90. The highest BCUT2D eigenvalue weighted by molar-refractivity contribution is 5.96. The van der Waals surface area contributed by atoms with Crippen LogP contribution in [0.4, 0.5) is 13.2 Å². The fraction of sp³-hybridized carbons (Fsp3) is 0.261. The van der Waals surface area contributed by atoms with Crippen LogP contribution in [0.1, 0.15) is 27.9 Å². The fourth-order valence-corrected chi connectivity index (χ4v) is 3.40. The summed E-state index contributed by atoms with van der Waals surface area (Å²) in [5, 5.41) is 9.21. The smallest absolute Gasteiger partial charge is 0.185 e. The average molecular weight is 444 g/mol. The van der Waals surface area contributed by atoms with E-state index in [9.17, 15) is 23.1 Å². The van der Waals surface area contributed by atoms with Crippen molar-refractivity contribution in [3.8, 4) is 11.3 Å². The van der Waals surface area contributed by atoms with E-state index >= 15 is 0 Å². The van der Waals surface area contributed by atoms with E-state index in [1.54, 1.807) is 6.07 Å². The van der Waals surface area contributed by atoms with Gasteiger partial charge < -0.3 is 14.6 Å². The first-order chi connectivity index (χ1) is 15.5. The highest BCUT2D eigenvalue weighted by Gasteiger charge is 2.26. The number of carbonyl (C=O) groups excluding carboxylic acids is 1. The first-order valence-electron chi connectivity index (χ1n) is 9.89. The minimum atomic E-state index is -0.983. The maximum atomic E-state index is 14.3. The normalized spacial score (nSPS) is 18.5. The Morgan fingerprint density at radius 3 is 2.44 bits per heavy atom. The maximum absolute atomic E-state index is 14.3. The van der Waals surface area contributed by atoms with Crippen molar-refractivity contribution >= 4 is 5.78 Å². The number of pyridine rings is 2. The van der Waals surface area contributed by atoms with Gasteiger partial charge in [-0.25, -0.2) is 18.2 Å². The molecule has 1 aliphatic heterocycles. The number of aliphatic hydroxyl groups excluding tert-OH is 1. The van der Waals surface area contributed by atoms with E-state index in [1.807, 2.05) is 0 Å². The minimum Gasteiger partial charge on any atom is -0.396 e. The van der Waals surface area contributed by atoms with Crippen molar-refractivity contribution in [2.75, 3.05) is 19.8 Å². The number of ether oxygens (including phenoxy) is 2. The third-order valence-corrected chi connectivity index (χ3v) is 5.10. The lowest BCUT2D eigenvalue weighted by molar-refractivity contribution is -0.210. The minimum absolute atomic E-state index is 0.0599. The van der Waals surface area contributed by atoms with E-state index in [2.05, 4.69) is 9.97 Å². The molecule has 0 aliphatic carbocycles. The summed E-state index contributed by atoms with van der Waals surface area (Å²) < 4.78 is 53.8. The van der Waals surface area contributed by atoms with Crippen LogP contribution in [0, 0.1) is 23.4 Å². The molecule has 4 rings (SSSR count). The largest absolute Gasteiger partial charge is 0.396 e. The highest BCUT2D eigenvalue weighted by atomic mass is 19.1. The Morgan fingerprint density at radius 2 is 1.75 bits per heavy atom. The van der Waals surface area contributed by atoms with Crippen molar-refractivity contribution in [2.45, 2.75) is 12.7 Å². The Kier molecular flexibility index (Phi) is 6.59. The molecular weight excluding hydrogens is 425 g/mol. The zero-order valence-electron chi connectivity index (χ0n) is 16.8. The first kappa shape index (κ1) is 22.1. The lowest BCUT2D eigenvalue weighted by Crippen LogP contribution is -2.30. The highest BCUT2D eigenvalue weighted by Crippen LogP contribution is 2.29. The van der Waals surface area contributed by atoms with Crippen LogP contribution in [0.15, 0.2) is 48.8 Å². The monoisotopic (exact) mass is 444 g/mol. The molecule has 32 heavy (non-hydrogen) atoms. The van der Waals surface area contributed by atoms with Gasteiger partial charge in [-0.15, -0.1) is 0 Å². The van der Waals surface area contributed by atoms with E-state index < -0.39 is 40.8 Å². The van der Waals surface area contributed by atoms with Gasteiger partial charge in [0.25, 0.3) is 0 Å². The summed E-state index contributed by atoms with van der Waals surface area (Å²) >= 11 is 0. The molecule has 0 atom stereocenters. The maximum Gasteiger partial charge on any atom is 0.185 e. The molecule has 6 nitrogen and oxygen atoms in total. The molecule has 1 fully saturated rings. The fourth-order valence-electron chi connectivity index (χ4n) is 3.40. The Bertz CT molecular complexity index is 1110. The Hall–Kier alpha value is -3.14. The van der Waals surface area contributed by atoms with Gasteiger partial charge >= 0.3 is 0 Å². The molecule has 1 aliphatic rings. The molecule has 0 saturated carbocycles. The molecule has 0 amide bonds. The van der Waals surface area contributed by atoms with Crippen molar-refractivity contribution in [3.63, 3.8) is 0 Å². The van der Waals surface area contributed by atoms with Gasteiger partial charge in [-0.2, -0.15) is 0 Å². The van der Waals surface area contributed by atoms with Gasteiger partial charge in [-0.05, 0) is 35.9 Å². The second-order valence-electron chi connectivity index (χ2n) is 7.35. The summed E-state index contributed by atoms with van der Waals surface area (Å²) in [5.41, 5.74) is -0.261. The predicted molar refractivity (Wildman–Crippen MR) is 107 cm³/mol. The predicted octanol–water partition coefficient (Wildman–Crippen LogP) is 3.64. The van der Waals surface area contributed by atoms with Crippen LogP contribution < -0.4 is 0 Å². The van der Waals surface area contributed by atoms with Crippen molar-refractivity contribution < 1.29 is 32.5 Å².